The zero-order chi connectivity index (χ0) is 24.2. The van der Waals surface area contributed by atoms with Crippen LogP contribution in [0.25, 0.3) is 11.1 Å². The van der Waals surface area contributed by atoms with E-state index in [1.807, 2.05) is 54.0 Å². The van der Waals surface area contributed by atoms with Crippen molar-refractivity contribution in [2.24, 2.45) is 0 Å². The van der Waals surface area contributed by atoms with E-state index in [4.69, 9.17) is 9.84 Å². The van der Waals surface area contributed by atoms with Gasteiger partial charge in [0, 0.05) is 11.6 Å². The van der Waals surface area contributed by atoms with E-state index in [-0.39, 0.29) is 18.2 Å². The Morgan fingerprint density at radius 2 is 1.62 bits per heavy atom. The molecular weight excluding hydrogens is 443 g/mol. The van der Waals surface area contributed by atoms with Crippen LogP contribution in [0.3, 0.4) is 0 Å². The zero-order valence-corrected chi connectivity index (χ0v) is 18.1. The Morgan fingerprint density at radius 3 is 2.24 bits per heavy atom. The molecule has 0 aromatic heterocycles. The van der Waals surface area contributed by atoms with Gasteiger partial charge in [-0.15, -0.1) is 0 Å². The van der Waals surface area contributed by atoms with Gasteiger partial charge in [0.1, 0.15) is 12.4 Å². The molecule has 9 heteroatoms. The standard InChI is InChI=1S/C25H21FN2O6/c1-14(24(30)31)34-28-23(29)20-12-15(10-11-22(20)26)27-25(32)33-13-21-18-8-4-2-6-16(18)17-7-3-5-9-19(17)21/h2-12,14,21H,13H2,1H3,(H,27,32)(H,28,29)(H,30,31). The number of carbonyl (C=O) groups is 3. The van der Waals surface area contributed by atoms with Crippen molar-refractivity contribution in [3.05, 3.63) is 89.2 Å². The van der Waals surface area contributed by atoms with Crippen LogP contribution in [0.2, 0.25) is 0 Å². The van der Waals surface area contributed by atoms with Crippen LogP contribution in [-0.4, -0.2) is 35.8 Å². The summed E-state index contributed by atoms with van der Waals surface area (Å²) in [6.45, 7) is 1.30. The first-order chi connectivity index (χ1) is 16.3. The third-order valence-corrected chi connectivity index (χ3v) is 5.48. The molecule has 4 rings (SSSR count). The molecule has 34 heavy (non-hydrogen) atoms. The number of benzene rings is 3. The average molecular weight is 464 g/mol. The van der Waals surface area contributed by atoms with E-state index in [0.29, 0.717) is 0 Å². The molecule has 2 amide bonds. The van der Waals surface area contributed by atoms with Crippen LogP contribution in [0.1, 0.15) is 34.3 Å². The highest BCUT2D eigenvalue weighted by Gasteiger charge is 2.29. The molecule has 174 valence electrons. The molecule has 8 nitrogen and oxygen atoms in total. The summed E-state index contributed by atoms with van der Waals surface area (Å²) in [5, 5.41) is 11.3. The summed E-state index contributed by atoms with van der Waals surface area (Å²) in [6.07, 6.45) is -2.09. The lowest BCUT2D eigenvalue weighted by molar-refractivity contribution is -0.152. The van der Waals surface area contributed by atoms with E-state index in [9.17, 15) is 18.8 Å². The first kappa shape index (κ1) is 22.9. The minimum Gasteiger partial charge on any atom is -0.479 e. The fourth-order valence-corrected chi connectivity index (χ4v) is 3.78. The van der Waals surface area contributed by atoms with Crippen molar-refractivity contribution in [1.29, 1.82) is 0 Å². The fourth-order valence-electron chi connectivity index (χ4n) is 3.78. The van der Waals surface area contributed by atoms with Gasteiger partial charge in [0.25, 0.3) is 5.91 Å². The van der Waals surface area contributed by atoms with Gasteiger partial charge in [-0.1, -0.05) is 48.5 Å². The molecule has 0 heterocycles. The Morgan fingerprint density at radius 1 is 1.00 bits per heavy atom. The van der Waals surface area contributed by atoms with Crippen molar-refractivity contribution in [3.8, 4) is 11.1 Å². The van der Waals surface area contributed by atoms with E-state index in [1.54, 1.807) is 0 Å². The smallest absolute Gasteiger partial charge is 0.411 e. The van der Waals surface area contributed by atoms with E-state index >= 15 is 0 Å². The monoisotopic (exact) mass is 464 g/mol. The molecule has 0 bridgehead atoms. The van der Waals surface area contributed by atoms with E-state index in [1.165, 1.54) is 13.0 Å². The van der Waals surface area contributed by atoms with E-state index in [2.05, 4.69) is 10.2 Å². The first-order valence-corrected chi connectivity index (χ1v) is 10.5. The number of carboxylic acids is 1. The molecule has 3 N–H and O–H groups in total. The second kappa shape index (κ2) is 9.72. The maximum atomic E-state index is 14.1. The van der Waals surface area contributed by atoms with Gasteiger partial charge in [0.15, 0.2) is 6.10 Å². The SMILES string of the molecule is CC(ONC(=O)c1cc(NC(=O)OCC2c3ccccc3-c3ccccc32)ccc1F)C(=O)O. The maximum absolute atomic E-state index is 14.1. The van der Waals surface area contributed by atoms with Gasteiger partial charge in [-0.2, -0.15) is 0 Å². The third kappa shape index (κ3) is 4.74. The number of aliphatic carboxylic acids is 1. The van der Waals surface area contributed by atoms with Crippen molar-refractivity contribution < 1.29 is 33.5 Å². The number of carbonyl (C=O) groups excluding carboxylic acids is 2. The molecule has 3 aromatic carbocycles. The van der Waals surface area contributed by atoms with Crippen LogP contribution in [0.4, 0.5) is 14.9 Å². The number of fused-ring (bicyclic) bond motifs is 3. The lowest BCUT2D eigenvalue weighted by atomic mass is 9.98. The molecular formula is C25H21FN2O6. The lowest BCUT2D eigenvalue weighted by Gasteiger charge is -2.15. The summed E-state index contributed by atoms with van der Waals surface area (Å²) < 4.78 is 19.5. The quantitative estimate of drug-likeness (QED) is 0.449. The molecule has 0 radical (unpaired) electrons. The number of amides is 2. The number of halogens is 1. The Labute approximate surface area is 194 Å². The lowest BCUT2D eigenvalue weighted by Crippen LogP contribution is -2.32. The van der Waals surface area contributed by atoms with Crippen LogP contribution >= 0.6 is 0 Å². The summed E-state index contributed by atoms with van der Waals surface area (Å²) in [6, 6.07) is 19.2. The topological polar surface area (TPSA) is 114 Å². The number of anilines is 1. The predicted molar refractivity (Wildman–Crippen MR) is 121 cm³/mol. The van der Waals surface area contributed by atoms with Gasteiger partial charge in [-0.3, -0.25) is 14.9 Å². The molecule has 1 aliphatic rings. The van der Waals surface area contributed by atoms with Crippen LogP contribution in [0.15, 0.2) is 66.7 Å². The van der Waals surface area contributed by atoms with Gasteiger partial charge in [-0.25, -0.2) is 19.5 Å². The number of hydrogen-bond donors (Lipinski definition) is 3. The molecule has 1 aliphatic carbocycles. The highest BCUT2D eigenvalue weighted by molar-refractivity contribution is 5.96. The summed E-state index contributed by atoms with van der Waals surface area (Å²) in [5.74, 6) is -3.29. The highest BCUT2D eigenvalue weighted by Crippen LogP contribution is 2.44. The van der Waals surface area contributed by atoms with Crippen LogP contribution in [0.5, 0.6) is 0 Å². The highest BCUT2D eigenvalue weighted by atomic mass is 19.1. The molecule has 3 aromatic rings. The zero-order valence-electron chi connectivity index (χ0n) is 18.1. The van der Waals surface area contributed by atoms with Crippen molar-refractivity contribution in [1.82, 2.24) is 5.48 Å². The minimum absolute atomic E-state index is 0.0926. The number of nitrogens with one attached hydrogen (secondary N) is 2. The molecule has 1 atom stereocenters. The van der Waals surface area contributed by atoms with Crippen LogP contribution < -0.4 is 10.8 Å². The van der Waals surface area contributed by atoms with Crippen LogP contribution in [-0.2, 0) is 14.4 Å². The summed E-state index contributed by atoms with van der Waals surface area (Å²) in [5.41, 5.74) is 5.88. The maximum Gasteiger partial charge on any atom is 0.411 e. The summed E-state index contributed by atoms with van der Waals surface area (Å²) >= 11 is 0. The van der Waals surface area contributed by atoms with Crippen molar-refractivity contribution >= 4 is 23.7 Å². The molecule has 0 spiro atoms. The fraction of sp³-hybridized carbons (Fsp3) is 0.160. The first-order valence-electron chi connectivity index (χ1n) is 10.5. The molecule has 0 saturated heterocycles. The largest absolute Gasteiger partial charge is 0.479 e. The van der Waals surface area contributed by atoms with Gasteiger partial charge in [-0.05, 0) is 47.4 Å². The predicted octanol–water partition coefficient (Wildman–Crippen LogP) is 4.32. The second-order valence-corrected chi connectivity index (χ2v) is 7.67. The molecule has 0 saturated carbocycles. The molecule has 1 unspecified atom stereocenters. The van der Waals surface area contributed by atoms with E-state index < -0.39 is 35.5 Å². The Balaban J connectivity index is 1.41. The van der Waals surface area contributed by atoms with Gasteiger partial charge < -0.3 is 9.84 Å². The number of rotatable bonds is 7. The summed E-state index contributed by atoms with van der Waals surface area (Å²) in [4.78, 5) is 40.0. The Hall–Kier alpha value is -4.24. The average Bonchev–Trinajstić information content (AvgIpc) is 3.16. The van der Waals surface area contributed by atoms with Gasteiger partial charge in [0.05, 0.1) is 5.56 Å². The molecule has 0 aliphatic heterocycles. The molecule has 0 fully saturated rings. The van der Waals surface area contributed by atoms with Gasteiger partial charge in [0.2, 0.25) is 0 Å². The second-order valence-electron chi connectivity index (χ2n) is 7.67. The normalized spacial score (nSPS) is 12.9. The van der Waals surface area contributed by atoms with Gasteiger partial charge >= 0.3 is 12.1 Å². The number of ether oxygens (including phenoxy) is 1. The van der Waals surface area contributed by atoms with Crippen LogP contribution in [0, 0.1) is 5.82 Å². The number of hydroxylamine groups is 1. The Kier molecular flexibility index (Phi) is 6.55. The third-order valence-electron chi connectivity index (χ3n) is 5.48. The minimum atomic E-state index is -1.32. The number of hydrogen-bond acceptors (Lipinski definition) is 5. The van der Waals surface area contributed by atoms with E-state index in [0.717, 1.165) is 34.4 Å². The summed E-state index contributed by atoms with van der Waals surface area (Å²) in [7, 11) is 0. The Bertz CT molecular complexity index is 1220. The van der Waals surface area contributed by atoms with Crippen molar-refractivity contribution in [2.45, 2.75) is 18.9 Å². The van der Waals surface area contributed by atoms with Crippen molar-refractivity contribution in [3.63, 3.8) is 0 Å². The number of carboxylic acid groups (broad SMARTS) is 1. The van der Waals surface area contributed by atoms with Crippen molar-refractivity contribution in [2.75, 3.05) is 11.9 Å².